The van der Waals surface area contributed by atoms with Crippen molar-refractivity contribution < 1.29 is 0 Å². The molecule has 1 unspecified atom stereocenters. The largest absolute Gasteiger partial charge is 0.324 e. The Balaban J connectivity index is 1.63. The summed E-state index contributed by atoms with van der Waals surface area (Å²) in [6, 6.07) is 0.415. The van der Waals surface area contributed by atoms with Crippen LogP contribution >= 0.6 is 0 Å². The lowest BCUT2D eigenvalue weighted by atomic mass is 9.47. The van der Waals surface area contributed by atoms with E-state index >= 15 is 0 Å². The molecule has 0 aromatic heterocycles. The second-order valence-electron chi connectivity index (χ2n) is 7.43. The van der Waals surface area contributed by atoms with Gasteiger partial charge < -0.3 is 5.73 Å². The fraction of sp³-hybridized carbons (Fsp3) is 0.875. The van der Waals surface area contributed by atoms with Gasteiger partial charge in [0.25, 0.3) is 0 Å². The Bertz CT molecular complexity index is 319. The Morgan fingerprint density at radius 2 is 1.65 bits per heavy atom. The molecule has 0 saturated heterocycles. The average Bonchev–Trinajstić information content (AvgIpc) is 2.79. The highest BCUT2D eigenvalue weighted by molar-refractivity contribution is 5.21. The topological polar surface area (TPSA) is 26.0 Å². The lowest BCUT2D eigenvalue weighted by Gasteiger charge is -2.59. The van der Waals surface area contributed by atoms with Gasteiger partial charge in [0.2, 0.25) is 0 Å². The van der Waals surface area contributed by atoms with E-state index < -0.39 is 0 Å². The van der Waals surface area contributed by atoms with Crippen LogP contribution in [0.4, 0.5) is 0 Å². The average molecular weight is 231 g/mol. The van der Waals surface area contributed by atoms with Crippen LogP contribution in [0.15, 0.2) is 11.6 Å². The maximum absolute atomic E-state index is 6.71. The van der Waals surface area contributed by atoms with E-state index in [2.05, 4.69) is 6.08 Å². The highest BCUT2D eigenvalue weighted by Crippen LogP contribution is 2.61. The van der Waals surface area contributed by atoms with Crippen LogP contribution in [-0.4, -0.2) is 6.04 Å². The van der Waals surface area contributed by atoms with E-state index in [1.54, 1.807) is 5.57 Å². The van der Waals surface area contributed by atoms with Gasteiger partial charge in [-0.25, -0.2) is 0 Å². The van der Waals surface area contributed by atoms with Gasteiger partial charge in [0.15, 0.2) is 0 Å². The Morgan fingerprint density at radius 1 is 1.06 bits per heavy atom. The lowest BCUT2D eigenvalue weighted by molar-refractivity contribution is -0.0611. The number of hydrogen-bond acceptors (Lipinski definition) is 1. The van der Waals surface area contributed by atoms with E-state index in [9.17, 15) is 0 Å². The summed E-state index contributed by atoms with van der Waals surface area (Å²) in [7, 11) is 0. The molecule has 0 heterocycles. The summed E-state index contributed by atoms with van der Waals surface area (Å²) in [6.07, 6.45) is 15.4. The first-order valence-electron chi connectivity index (χ1n) is 7.70. The first-order chi connectivity index (χ1) is 8.25. The third-order valence-corrected chi connectivity index (χ3v) is 6.22. The second kappa shape index (κ2) is 3.60. The number of allylic oxidation sites excluding steroid dienone is 1. The van der Waals surface area contributed by atoms with Crippen LogP contribution in [-0.2, 0) is 0 Å². The van der Waals surface area contributed by atoms with Gasteiger partial charge in [-0.05, 0) is 81.0 Å². The van der Waals surface area contributed by atoms with Gasteiger partial charge in [0.1, 0.15) is 0 Å². The molecule has 2 N–H and O–H groups in total. The molecule has 1 nitrogen and oxygen atoms in total. The summed E-state index contributed by atoms with van der Waals surface area (Å²) in [6.45, 7) is 0. The molecule has 4 fully saturated rings. The van der Waals surface area contributed by atoms with Crippen molar-refractivity contribution in [1.29, 1.82) is 0 Å². The van der Waals surface area contributed by atoms with Crippen LogP contribution in [0.5, 0.6) is 0 Å². The predicted molar refractivity (Wildman–Crippen MR) is 70.5 cm³/mol. The van der Waals surface area contributed by atoms with Crippen LogP contribution < -0.4 is 5.73 Å². The molecular formula is C16H25N. The molecule has 0 aliphatic heterocycles. The number of hydrogen-bond donors (Lipinski definition) is 1. The molecule has 0 spiro atoms. The standard InChI is InChI=1S/C16H25N/c17-15(14-3-1-2-4-14)16-8-11-5-12(9-16)7-13(6-11)10-16/h3,11-13,15H,1-2,4-10,17H2. The Kier molecular flexibility index (Phi) is 2.25. The Hall–Kier alpha value is -0.300. The minimum Gasteiger partial charge on any atom is -0.324 e. The van der Waals surface area contributed by atoms with Crippen LogP contribution in [0, 0.1) is 23.2 Å². The van der Waals surface area contributed by atoms with Crippen molar-refractivity contribution in [2.45, 2.75) is 63.8 Å². The smallest absolute Gasteiger partial charge is 0.0311 e. The van der Waals surface area contributed by atoms with E-state index in [1.165, 1.54) is 57.8 Å². The molecule has 1 heteroatoms. The van der Waals surface area contributed by atoms with Crippen molar-refractivity contribution in [2.24, 2.45) is 28.9 Å². The van der Waals surface area contributed by atoms with Gasteiger partial charge in [-0.1, -0.05) is 11.6 Å². The third kappa shape index (κ3) is 1.54. The summed E-state index contributed by atoms with van der Waals surface area (Å²) in [5.74, 6) is 3.11. The molecule has 4 bridgehead atoms. The predicted octanol–water partition coefficient (Wildman–Crippen LogP) is 3.64. The van der Waals surface area contributed by atoms with Crippen LogP contribution in [0.1, 0.15) is 57.8 Å². The molecule has 5 rings (SSSR count). The fourth-order valence-corrected chi connectivity index (χ4v) is 5.93. The first kappa shape index (κ1) is 10.6. The zero-order valence-electron chi connectivity index (χ0n) is 10.8. The Labute approximate surface area is 105 Å². The molecule has 0 aromatic carbocycles. The van der Waals surface area contributed by atoms with Crippen molar-refractivity contribution in [3.63, 3.8) is 0 Å². The fourth-order valence-electron chi connectivity index (χ4n) is 5.93. The monoisotopic (exact) mass is 231 g/mol. The maximum Gasteiger partial charge on any atom is 0.0311 e. The van der Waals surface area contributed by atoms with E-state index in [0.29, 0.717) is 11.5 Å². The molecule has 4 saturated carbocycles. The molecule has 0 radical (unpaired) electrons. The van der Waals surface area contributed by atoms with E-state index in [-0.39, 0.29) is 0 Å². The zero-order valence-corrected chi connectivity index (χ0v) is 10.8. The van der Waals surface area contributed by atoms with Crippen molar-refractivity contribution in [3.05, 3.63) is 11.6 Å². The second-order valence-corrected chi connectivity index (χ2v) is 7.43. The highest BCUT2D eigenvalue weighted by atomic mass is 14.7. The zero-order chi connectivity index (χ0) is 11.5. The minimum atomic E-state index is 0.415. The van der Waals surface area contributed by atoms with Crippen molar-refractivity contribution in [3.8, 4) is 0 Å². The van der Waals surface area contributed by atoms with E-state index in [0.717, 1.165) is 17.8 Å². The summed E-state index contributed by atoms with van der Waals surface area (Å²) in [5, 5.41) is 0. The molecule has 5 aliphatic rings. The molecule has 17 heavy (non-hydrogen) atoms. The number of nitrogens with two attached hydrogens (primary N) is 1. The van der Waals surface area contributed by atoms with Gasteiger partial charge in [-0.3, -0.25) is 0 Å². The van der Waals surface area contributed by atoms with Crippen molar-refractivity contribution >= 4 is 0 Å². The maximum atomic E-state index is 6.71. The van der Waals surface area contributed by atoms with Gasteiger partial charge in [0, 0.05) is 6.04 Å². The number of rotatable bonds is 2. The molecule has 5 aliphatic carbocycles. The first-order valence-corrected chi connectivity index (χ1v) is 7.70. The van der Waals surface area contributed by atoms with Crippen molar-refractivity contribution in [2.75, 3.05) is 0 Å². The van der Waals surface area contributed by atoms with Crippen LogP contribution in [0.2, 0.25) is 0 Å². The molecule has 0 aromatic rings. The van der Waals surface area contributed by atoms with Gasteiger partial charge in [-0.2, -0.15) is 0 Å². The lowest BCUT2D eigenvalue weighted by Crippen LogP contribution is -2.54. The normalized spacial score (nSPS) is 49.5. The van der Waals surface area contributed by atoms with Gasteiger partial charge >= 0.3 is 0 Å². The SMILES string of the molecule is NC(C1=CCCC1)C12CC3CC(CC(C3)C1)C2. The highest BCUT2D eigenvalue weighted by Gasteiger charge is 2.53. The third-order valence-electron chi connectivity index (χ3n) is 6.22. The van der Waals surface area contributed by atoms with Gasteiger partial charge in [0.05, 0.1) is 0 Å². The summed E-state index contributed by atoms with van der Waals surface area (Å²) >= 11 is 0. The van der Waals surface area contributed by atoms with Crippen LogP contribution in [0.25, 0.3) is 0 Å². The Morgan fingerprint density at radius 3 is 2.12 bits per heavy atom. The minimum absolute atomic E-state index is 0.415. The molecule has 1 atom stereocenters. The van der Waals surface area contributed by atoms with Gasteiger partial charge in [-0.15, -0.1) is 0 Å². The quantitative estimate of drug-likeness (QED) is 0.721. The van der Waals surface area contributed by atoms with E-state index in [4.69, 9.17) is 5.73 Å². The summed E-state index contributed by atoms with van der Waals surface area (Å²) in [4.78, 5) is 0. The summed E-state index contributed by atoms with van der Waals surface area (Å²) in [5.41, 5.74) is 8.86. The van der Waals surface area contributed by atoms with Crippen LogP contribution in [0.3, 0.4) is 0 Å². The molecular weight excluding hydrogens is 206 g/mol. The molecule has 0 amide bonds. The molecule has 94 valence electrons. The van der Waals surface area contributed by atoms with Crippen molar-refractivity contribution in [1.82, 2.24) is 0 Å². The van der Waals surface area contributed by atoms with E-state index in [1.807, 2.05) is 0 Å². The summed E-state index contributed by atoms with van der Waals surface area (Å²) < 4.78 is 0.